The molecule has 8 heteroatoms. The molecule has 1 aliphatic rings. The monoisotopic (exact) mass is 306 g/mol. The molecule has 0 spiro atoms. The van der Waals surface area contributed by atoms with Gasteiger partial charge in [-0.3, -0.25) is 0 Å². The van der Waals surface area contributed by atoms with Crippen LogP contribution < -0.4 is 4.74 Å². The lowest BCUT2D eigenvalue weighted by molar-refractivity contribution is -0.184. The van der Waals surface area contributed by atoms with Gasteiger partial charge in [0.05, 0.1) is 19.3 Å². The molecule has 0 radical (unpaired) electrons. The number of hydrogen-bond acceptors (Lipinski definition) is 6. The Balaban J connectivity index is 2.41. The number of benzene rings is 1. The van der Waals surface area contributed by atoms with Crippen molar-refractivity contribution in [3.05, 3.63) is 23.8 Å². The highest BCUT2D eigenvalue weighted by Gasteiger charge is 2.29. The molecule has 0 N–H and O–H groups in total. The van der Waals surface area contributed by atoms with Crippen molar-refractivity contribution in [1.29, 1.82) is 0 Å². The Morgan fingerprint density at radius 1 is 1.47 bits per heavy atom. The van der Waals surface area contributed by atoms with Gasteiger partial charge in [0.15, 0.2) is 0 Å². The van der Waals surface area contributed by atoms with E-state index in [4.69, 9.17) is 24.9 Å². The van der Waals surface area contributed by atoms with Crippen LogP contribution in [0.5, 0.6) is 5.75 Å². The van der Waals surface area contributed by atoms with Gasteiger partial charge in [0.25, 0.3) is 9.05 Å². The number of carbonyl (C=O) groups is 1. The van der Waals surface area contributed by atoms with E-state index in [2.05, 4.69) is 0 Å². The summed E-state index contributed by atoms with van der Waals surface area (Å²) in [7, 11) is 2.47. The first kappa shape index (κ1) is 14.1. The number of halogens is 1. The minimum absolute atomic E-state index is 0.0148. The first-order chi connectivity index (χ1) is 8.93. The van der Waals surface area contributed by atoms with Crippen molar-refractivity contribution < 1.29 is 27.4 Å². The average Bonchev–Trinajstić information content (AvgIpc) is 2.31. The van der Waals surface area contributed by atoms with Crippen LogP contribution >= 0.6 is 10.7 Å². The molecule has 2 rings (SSSR count). The summed E-state index contributed by atoms with van der Waals surface area (Å²) in [5.74, 6) is -0.832. The average molecular weight is 307 g/mol. The zero-order valence-corrected chi connectivity index (χ0v) is 11.5. The molecule has 19 heavy (non-hydrogen) atoms. The van der Waals surface area contributed by atoms with E-state index in [1.54, 1.807) is 0 Å². The van der Waals surface area contributed by atoms with Gasteiger partial charge in [-0.05, 0) is 12.1 Å². The normalized spacial score (nSPS) is 18.5. The van der Waals surface area contributed by atoms with Crippen LogP contribution in [-0.2, 0) is 18.5 Å². The van der Waals surface area contributed by atoms with Crippen LogP contribution in [0.2, 0.25) is 0 Å². The molecule has 0 aliphatic carbocycles. The number of ether oxygens (including phenoxy) is 3. The number of rotatable bonds is 4. The standard InChI is InChI=1S/C11H11ClO6S/c1-16-8-4-2-3-7(10(8)19(12,14)15)11(13)18-9-5-6-17-9/h2-4,9H,5-6H2,1H3. The minimum atomic E-state index is -4.14. The molecule has 1 fully saturated rings. The van der Waals surface area contributed by atoms with Gasteiger partial charge in [0.2, 0.25) is 6.29 Å². The lowest BCUT2D eigenvalue weighted by Gasteiger charge is -2.26. The smallest absolute Gasteiger partial charge is 0.341 e. The van der Waals surface area contributed by atoms with Gasteiger partial charge in [0, 0.05) is 17.1 Å². The van der Waals surface area contributed by atoms with E-state index in [9.17, 15) is 13.2 Å². The summed E-state index contributed by atoms with van der Waals surface area (Å²) >= 11 is 0. The van der Waals surface area contributed by atoms with Gasteiger partial charge in [-0.1, -0.05) is 6.07 Å². The maximum absolute atomic E-state index is 11.9. The molecule has 1 aliphatic heterocycles. The third-order valence-corrected chi connectivity index (χ3v) is 3.93. The molecule has 1 unspecified atom stereocenters. The first-order valence-electron chi connectivity index (χ1n) is 5.37. The SMILES string of the molecule is COc1cccc(C(=O)OC2CCO2)c1S(=O)(=O)Cl. The minimum Gasteiger partial charge on any atom is -0.495 e. The van der Waals surface area contributed by atoms with E-state index >= 15 is 0 Å². The van der Waals surface area contributed by atoms with Crippen LogP contribution in [0.15, 0.2) is 23.1 Å². The van der Waals surface area contributed by atoms with Crippen molar-refractivity contribution in [2.45, 2.75) is 17.6 Å². The molecular formula is C11H11ClO6S. The Labute approximate surface area is 114 Å². The molecule has 1 aromatic rings. The van der Waals surface area contributed by atoms with E-state index < -0.39 is 26.2 Å². The lowest BCUT2D eigenvalue weighted by atomic mass is 10.2. The summed E-state index contributed by atoms with van der Waals surface area (Å²) in [5.41, 5.74) is -0.176. The zero-order chi connectivity index (χ0) is 14.0. The summed E-state index contributed by atoms with van der Waals surface area (Å²) in [4.78, 5) is 11.5. The molecule has 1 aromatic carbocycles. The van der Waals surface area contributed by atoms with Crippen LogP contribution in [0, 0.1) is 0 Å². The molecule has 0 bridgehead atoms. The second-order valence-corrected chi connectivity index (χ2v) is 6.27. The molecule has 0 aromatic heterocycles. The van der Waals surface area contributed by atoms with Gasteiger partial charge in [-0.2, -0.15) is 0 Å². The van der Waals surface area contributed by atoms with Gasteiger partial charge in [-0.15, -0.1) is 0 Å². The summed E-state index contributed by atoms with van der Waals surface area (Å²) in [6, 6.07) is 4.17. The number of hydrogen-bond donors (Lipinski definition) is 0. The highest BCUT2D eigenvalue weighted by atomic mass is 35.7. The van der Waals surface area contributed by atoms with Crippen LogP contribution in [0.25, 0.3) is 0 Å². The molecular weight excluding hydrogens is 296 g/mol. The second-order valence-electron chi connectivity index (χ2n) is 3.77. The fourth-order valence-corrected chi connectivity index (χ4v) is 2.86. The van der Waals surface area contributed by atoms with Gasteiger partial charge >= 0.3 is 5.97 Å². The summed E-state index contributed by atoms with van der Waals surface area (Å²) in [6.07, 6.45) is -0.0526. The maximum Gasteiger partial charge on any atom is 0.341 e. The zero-order valence-electron chi connectivity index (χ0n) is 9.96. The van der Waals surface area contributed by atoms with Crippen molar-refractivity contribution in [3.63, 3.8) is 0 Å². The van der Waals surface area contributed by atoms with E-state index in [1.807, 2.05) is 0 Å². The first-order valence-corrected chi connectivity index (χ1v) is 7.68. The molecule has 104 valence electrons. The van der Waals surface area contributed by atoms with Crippen LogP contribution in [0.1, 0.15) is 16.8 Å². The predicted octanol–water partition coefficient (Wildman–Crippen LogP) is 1.53. The van der Waals surface area contributed by atoms with E-state index in [-0.39, 0.29) is 11.3 Å². The van der Waals surface area contributed by atoms with Crippen molar-refractivity contribution in [2.75, 3.05) is 13.7 Å². The van der Waals surface area contributed by atoms with E-state index in [0.29, 0.717) is 13.0 Å². The topological polar surface area (TPSA) is 78.9 Å². The third-order valence-electron chi connectivity index (χ3n) is 2.56. The van der Waals surface area contributed by atoms with Crippen molar-refractivity contribution in [3.8, 4) is 5.75 Å². The maximum atomic E-state index is 11.9. The number of methoxy groups -OCH3 is 1. The van der Waals surface area contributed by atoms with Gasteiger partial charge < -0.3 is 14.2 Å². The summed E-state index contributed by atoms with van der Waals surface area (Å²) in [5, 5.41) is 0. The van der Waals surface area contributed by atoms with Crippen LogP contribution in [-0.4, -0.2) is 34.4 Å². The quantitative estimate of drug-likeness (QED) is 0.620. The number of esters is 1. The summed E-state index contributed by atoms with van der Waals surface area (Å²) < 4.78 is 37.9. The Bertz CT molecular complexity index is 593. The fourth-order valence-electron chi connectivity index (χ4n) is 1.58. The van der Waals surface area contributed by atoms with E-state index in [1.165, 1.54) is 25.3 Å². The summed E-state index contributed by atoms with van der Waals surface area (Å²) in [6.45, 7) is 0.511. The van der Waals surface area contributed by atoms with Gasteiger partial charge in [0.1, 0.15) is 10.6 Å². The molecule has 0 saturated carbocycles. The lowest BCUT2D eigenvalue weighted by Crippen LogP contribution is -2.32. The largest absolute Gasteiger partial charge is 0.495 e. The molecule has 1 heterocycles. The Morgan fingerprint density at radius 3 is 2.63 bits per heavy atom. The molecule has 0 amide bonds. The molecule has 6 nitrogen and oxygen atoms in total. The van der Waals surface area contributed by atoms with Crippen LogP contribution in [0.4, 0.5) is 0 Å². The fraction of sp³-hybridized carbons (Fsp3) is 0.364. The Hall–Kier alpha value is -1.31. The number of carbonyl (C=O) groups excluding carboxylic acids is 1. The van der Waals surface area contributed by atoms with Crippen molar-refractivity contribution >= 4 is 25.7 Å². The molecule has 1 saturated heterocycles. The van der Waals surface area contributed by atoms with Crippen molar-refractivity contribution in [2.24, 2.45) is 0 Å². The Kier molecular flexibility index (Phi) is 3.98. The second kappa shape index (κ2) is 5.36. The third kappa shape index (κ3) is 2.99. The molecule has 1 atom stereocenters. The highest BCUT2D eigenvalue weighted by molar-refractivity contribution is 8.13. The predicted molar refractivity (Wildman–Crippen MR) is 65.8 cm³/mol. The van der Waals surface area contributed by atoms with Crippen LogP contribution in [0.3, 0.4) is 0 Å². The van der Waals surface area contributed by atoms with Gasteiger partial charge in [-0.25, -0.2) is 13.2 Å². The highest BCUT2D eigenvalue weighted by Crippen LogP contribution is 2.31. The van der Waals surface area contributed by atoms with E-state index in [0.717, 1.165) is 0 Å². The van der Waals surface area contributed by atoms with Crippen molar-refractivity contribution in [1.82, 2.24) is 0 Å². The Morgan fingerprint density at radius 2 is 2.16 bits per heavy atom.